The fraction of sp³-hybridized carbons (Fsp3) is 0.462. The van der Waals surface area contributed by atoms with Crippen LogP contribution in [0.1, 0.15) is 24.2 Å². The number of hydrogen-bond acceptors (Lipinski definition) is 6. The van der Waals surface area contributed by atoms with Gasteiger partial charge in [-0.1, -0.05) is 11.2 Å². The van der Waals surface area contributed by atoms with Gasteiger partial charge >= 0.3 is 0 Å². The van der Waals surface area contributed by atoms with Crippen molar-refractivity contribution in [1.29, 1.82) is 0 Å². The van der Waals surface area contributed by atoms with Gasteiger partial charge in [-0.3, -0.25) is 4.98 Å². The number of nitrogens with zero attached hydrogens (tertiary/aromatic N) is 3. The van der Waals surface area contributed by atoms with Crippen LogP contribution in [0.2, 0.25) is 0 Å². The molecule has 0 bridgehead atoms. The zero-order valence-electron chi connectivity index (χ0n) is 11.6. The summed E-state index contributed by atoms with van der Waals surface area (Å²) in [7, 11) is 1.93. The normalized spacial score (nSPS) is 11.9. The lowest BCUT2D eigenvalue weighted by atomic mass is 10.2. The van der Waals surface area contributed by atoms with E-state index in [0.717, 1.165) is 23.8 Å². The molecule has 0 spiro atoms. The SMILES string of the molecule is CNC(C)Cc1noc(CSCc2cccnc2)n1.Cl. The standard InChI is InChI=1S/C13H18N4OS.ClH/c1-10(14-2)6-12-16-13(18-17-12)9-19-8-11-4-3-5-15-7-11;/h3-5,7,10,14H,6,8-9H2,1-2H3;1H. The predicted molar refractivity (Wildman–Crippen MR) is 83.0 cm³/mol. The molecule has 0 saturated heterocycles. The van der Waals surface area contributed by atoms with Gasteiger partial charge in [-0.25, -0.2) is 0 Å². The number of pyridine rings is 1. The molecule has 2 heterocycles. The van der Waals surface area contributed by atoms with Gasteiger partial charge in [0, 0.05) is 30.6 Å². The van der Waals surface area contributed by atoms with Crippen molar-refractivity contribution in [3.8, 4) is 0 Å². The molecular weight excluding hydrogens is 296 g/mol. The van der Waals surface area contributed by atoms with E-state index in [1.54, 1.807) is 18.0 Å². The molecule has 0 amide bonds. The maximum atomic E-state index is 5.22. The molecule has 0 fully saturated rings. The summed E-state index contributed by atoms with van der Waals surface area (Å²) < 4.78 is 5.22. The van der Waals surface area contributed by atoms with Crippen molar-refractivity contribution < 1.29 is 4.52 Å². The van der Waals surface area contributed by atoms with Crippen molar-refractivity contribution in [3.63, 3.8) is 0 Å². The summed E-state index contributed by atoms with van der Waals surface area (Å²) in [5.41, 5.74) is 1.20. The summed E-state index contributed by atoms with van der Waals surface area (Å²) in [6, 6.07) is 4.36. The molecule has 1 atom stereocenters. The summed E-state index contributed by atoms with van der Waals surface area (Å²) in [6.07, 6.45) is 4.44. The molecule has 5 nitrogen and oxygen atoms in total. The van der Waals surface area contributed by atoms with Gasteiger partial charge in [0.15, 0.2) is 5.82 Å². The Morgan fingerprint density at radius 1 is 1.40 bits per heavy atom. The predicted octanol–water partition coefficient (Wildman–Crippen LogP) is 2.47. The Labute approximate surface area is 129 Å². The Balaban J connectivity index is 0.00000200. The molecule has 7 heteroatoms. The maximum absolute atomic E-state index is 5.22. The fourth-order valence-corrected chi connectivity index (χ4v) is 2.35. The number of nitrogens with one attached hydrogen (secondary N) is 1. The number of halogens is 1. The lowest BCUT2D eigenvalue weighted by Gasteiger charge is -2.04. The van der Waals surface area contributed by atoms with E-state index < -0.39 is 0 Å². The summed E-state index contributed by atoms with van der Waals surface area (Å²) >= 11 is 1.75. The zero-order valence-corrected chi connectivity index (χ0v) is 13.2. The quantitative estimate of drug-likeness (QED) is 0.847. The van der Waals surface area contributed by atoms with E-state index in [0.29, 0.717) is 11.9 Å². The Hall–Kier alpha value is -1.11. The van der Waals surface area contributed by atoms with Crippen molar-refractivity contribution in [2.75, 3.05) is 7.05 Å². The van der Waals surface area contributed by atoms with Crippen LogP contribution in [0, 0.1) is 0 Å². The number of rotatable bonds is 7. The number of aromatic nitrogens is 3. The molecule has 0 saturated carbocycles. The van der Waals surface area contributed by atoms with Crippen molar-refractivity contribution in [2.24, 2.45) is 0 Å². The van der Waals surface area contributed by atoms with Crippen LogP contribution in [-0.2, 0) is 17.9 Å². The van der Waals surface area contributed by atoms with Gasteiger partial charge in [0.2, 0.25) is 5.89 Å². The first-order valence-corrected chi connectivity index (χ1v) is 7.38. The molecular formula is C13H19ClN4OS. The van der Waals surface area contributed by atoms with Crippen LogP contribution in [0.15, 0.2) is 29.0 Å². The molecule has 2 aromatic heterocycles. The molecule has 0 aliphatic heterocycles. The Kier molecular flexibility index (Phi) is 7.58. The summed E-state index contributed by atoms with van der Waals surface area (Å²) in [5.74, 6) is 3.08. The average molecular weight is 315 g/mol. The van der Waals surface area contributed by atoms with Gasteiger partial charge < -0.3 is 9.84 Å². The van der Waals surface area contributed by atoms with Crippen molar-refractivity contribution >= 4 is 24.2 Å². The van der Waals surface area contributed by atoms with Crippen LogP contribution in [-0.4, -0.2) is 28.2 Å². The molecule has 20 heavy (non-hydrogen) atoms. The average Bonchev–Trinajstić information content (AvgIpc) is 2.87. The topological polar surface area (TPSA) is 63.8 Å². The molecule has 0 aromatic carbocycles. The van der Waals surface area contributed by atoms with Crippen LogP contribution in [0.25, 0.3) is 0 Å². The Morgan fingerprint density at radius 3 is 2.95 bits per heavy atom. The van der Waals surface area contributed by atoms with E-state index in [-0.39, 0.29) is 12.4 Å². The highest BCUT2D eigenvalue weighted by Gasteiger charge is 2.09. The molecule has 2 aromatic rings. The monoisotopic (exact) mass is 314 g/mol. The second-order valence-electron chi connectivity index (χ2n) is 4.35. The van der Waals surface area contributed by atoms with Crippen molar-refractivity contribution in [2.45, 2.75) is 30.9 Å². The molecule has 2 rings (SSSR count). The van der Waals surface area contributed by atoms with Gasteiger partial charge in [-0.05, 0) is 25.6 Å². The van der Waals surface area contributed by atoms with Crippen LogP contribution in [0.3, 0.4) is 0 Å². The summed E-state index contributed by atoms with van der Waals surface area (Å²) in [5, 5.41) is 7.13. The van der Waals surface area contributed by atoms with E-state index in [2.05, 4.69) is 33.4 Å². The first kappa shape index (κ1) is 16.9. The van der Waals surface area contributed by atoms with Crippen LogP contribution < -0.4 is 5.32 Å². The zero-order chi connectivity index (χ0) is 13.5. The number of thioether (sulfide) groups is 1. The largest absolute Gasteiger partial charge is 0.338 e. The van der Waals surface area contributed by atoms with Crippen molar-refractivity contribution in [3.05, 3.63) is 41.8 Å². The molecule has 0 aliphatic rings. The van der Waals surface area contributed by atoms with Gasteiger partial charge in [-0.2, -0.15) is 4.98 Å². The van der Waals surface area contributed by atoms with Gasteiger partial charge in [0.1, 0.15) is 0 Å². The molecule has 0 radical (unpaired) electrons. The van der Waals surface area contributed by atoms with Crippen LogP contribution >= 0.6 is 24.2 Å². The Bertz CT molecular complexity index is 494. The van der Waals surface area contributed by atoms with E-state index in [1.807, 2.05) is 19.3 Å². The van der Waals surface area contributed by atoms with Crippen LogP contribution in [0.5, 0.6) is 0 Å². The second-order valence-corrected chi connectivity index (χ2v) is 5.34. The first-order valence-electron chi connectivity index (χ1n) is 6.23. The van der Waals surface area contributed by atoms with Gasteiger partial charge in [0.25, 0.3) is 0 Å². The second kappa shape index (κ2) is 8.94. The lowest BCUT2D eigenvalue weighted by Crippen LogP contribution is -2.24. The number of likely N-dealkylation sites (N-methyl/N-ethyl adjacent to an activating group) is 1. The highest BCUT2D eigenvalue weighted by atomic mass is 35.5. The smallest absolute Gasteiger partial charge is 0.236 e. The third-order valence-electron chi connectivity index (χ3n) is 2.71. The summed E-state index contributed by atoms with van der Waals surface area (Å²) in [4.78, 5) is 8.46. The van der Waals surface area contributed by atoms with Crippen molar-refractivity contribution in [1.82, 2.24) is 20.4 Å². The van der Waals surface area contributed by atoms with E-state index >= 15 is 0 Å². The summed E-state index contributed by atoms with van der Waals surface area (Å²) in [6.45, 7) is 2.09. The van der Waals surface area contributed by atoms with Gasteiger partial charge in [-0.15, -0.1) is 24.2 Å². The fourth-order valence-electron chi connectivity index (χ4n) is 1.55. The minimum absolute atomic E-state index is 0. The van der Waals surface area contributed by atoms with E-state index in [9.17, 15) is 0 Å². The Morgan fingerprint density at radius 2 is 2.25 bits per heavy atom. The van der Waals surface area contributed by atoms with Gasteiger partial charge in [0.05, 0.1) is 5.75 Å². The third kappa shape index (κ3) is 5.48. The lowest BCUT2D eigenvalue weighted by molar-refractivity contribution is 0.382. The highest BCUT2D eigenvalue weighted by Crippen LogP contribution is 2.16. The minimum Gasteiger partial charge on any atom is -0.338 e. The maximum Gasteiger partial charge on any atom is 0.236 e. The highest BCUT2D eigenvalue weighted by molar-refractivity contribution is 7.97. The molecule has 110 valence electrons. The van der Waals surface area contributed by atoms with E-state index in [4.69, 9.17) is 4.52 Å². The molecule has 1 unspecified atom stereocenters. The molecule has 0 aliphatic carbocycles. The van der Waals surface area contributed by atoms with Crippen LogP contribution in [0.4, 0.5) is 0 Å². The molecule has 1 N–H and O–H groups in total. The number of hydrogen-bond donors (Lipinski definition) is 1. The third-order valence-corrected chi connectivity index (χ3v) is 3.70. The van der Waals surface area contributed by atoms with E-state index in [1.165, 1.54) is 5.56 Å². The first-order chi connectivity index (χ1) is 9.28. The minimum atomic E-state index is 0.